The molecule has 6 heteroatoms. The van der Waals surface area contributed by atoms with E-state index in [4.69, 9.17) is 9.47 Å². The molecule has 0 N–H and O–H groups in total. The summed E-state index contributed by atoms with van der Waals surface area (Å²) in [7, 11) is 1.61. The number of hydrogen-bond acceptors (Lipinski definition) is 4. The van der Waals surface area contributed by atoms with Crippen LogP contribution < -0.4 is 9.54 Å². The van der Waals surface area contributed by atoms with Crippen molar-refractivity contribution in [3.63, 3.8) is 0 Å². The summed E-state index contributed by atoms with van der Waals surface area (Å²) in [6.45, 7) is 3.90. The second-order valence-electron chi connectivity index (χ2n) is 5.73. The summed E-state index contributed by atoms with van der Waals surface area (Å²) in [5, 5.41) is 0. The van der Waals surface area contributed by atoms with Crippen LogP contribution in [0.25, 0.3) is 10.2 Å². The minimum atomic E-state index is -0.171. The number of aromatic nitrogens is 1. The predicted octanol–water partition coefficient (Wildman–Crippen LogP) is 3.42. The van der Waals surface area contributed by atoms with Crippen LogP contribution in [0.2, 0.25) is 0 Å². The highest BCUT2D eigenvalue weighted by Gasteiger charge is 2.08. The molecule has 0 radical (unpaired) electrons. The zero-order chi connectivity index (χ0) is 18.4. The highest BCUT2D eigenvalue weighted by molar-refractivity contribution is 7.16. The number of fused-ring (bicyclic) bond motifs is 1. The van der Waals surface area contributed by atoms with Crippen LogP contribution in [0.5, 0.6) is 5.75 Å². The van der Waals surface area contributed by atoms with E-state index in [-0.39, 0.29) is 12.3 Å². The number of carbonyl (C=O) groups excluding carboxylic acids is 1. The van der Waals surface area contributed by atoms with Gasteiger partial charge in [-0.2, -0.15) is 4.99 Å². The Kier molecular flexibility index (Phi) is 6.20. The number of hydrogen-bond donors (Lipinski definition) is 0. The summed E-state index contributed by atoms with van der Waals surface area (Å²) in [6, 6.07) is 15.6. The molecule has 0 fully saturated rings. The quantitative estimate of drug-likeness (QED) is 0.599. The summed E-state index contributed by atoms with van der Waals surface area (Å²) >= 11 is 1.52. The van der Waals surface area contributed by atoms with Gasteiger partial charge in [-0.3, -0.25) is 4.79 Å². The Morgan fingerprint density at radius 3 is 2.85 bits per heavy atom. The molecule has 26 heavy (non-hydrogen) atoms. The fraction of sp³-hybridized carbons (Fsp3) is 0.300. The van der Waals surface area contributed by atoms with Crippen LogP contribution in [0.15, 0.2) is 53.5 Å². The molecule has 1 amide bonds. The molecule has 3 rings (SSSR count). The number of methoxy groups -OCH3 is 1. The van der Waals surface area contributed by atoms with Crippen molar-refractivity contribution in [1.29, 1.82) is 0 Å². The van der Waals surface area contributed by atoms with Gasteiger partial charge in [-0.05, 0) is 36.8 Å². The molecule has 0 unspecified atom stereocenters. The first kappa shape index (κ1) is 18.4. The molecular formula is C20H22N2O3S. The van der Waals surface area contributed by atoms with Crippen molar-refractivity contribution >= 4 is 27.5 Å². The van der Waals surface area contributed by atoms with Crippen LogP contribution in [0.1, 0.15) is 12.5 Å². The Morgan fingerprint density at radius 1 is 1.19 bits per heavy atom. The Balaban J connectivity index is 1.89. The summed E-state index contributed by atoms with van der Waals surface area (Å²) in [5.41, 5.74) is 1.96. The number of ether oxygens (including phenoxy) is 2. The first-order valence-corrected chi connectivity index (χ1v) is 9.39. The van der Waals surface area contributed by atoms with Crippen molar-refractivity contribution in [3.8, 4) is 5.75 Å². The van der Waals surface area contributed by atoms with Gasteiger partial charge in [0, 0.05) is 13.2 Å². The average Bonchev–Trinajstić information content (AvgIpc) is 2.99. The van der Waals surface area contributed by atoms with Crippen molar-refractivity contribution in [1.82, 2.24) is 4.57 Å². The molecule has 2 aromatic carbocycles. The second kappa shape index (κ2) is 8.78. The molecule has 136 valence electrons. The van der Waals surface area contributed by atoms with E-state index >= 15 is 0 Å². The van der Waals surface area contributed by atoms with Crippen molar-refractivity contribution in [2.75, 3.05) is 20.3 Å². The molecular weight excluding hydrogens is 348 g/mol. The third kappa shape index (κ3) is 4.39. The summed E-state index contributed by atoms with van der Waals surface area (Å²) < 4.78 is 13.9. The molecule has 0 spiro atoms. The number of amides is 1. The van der Waals surface area contributed by atoms with Gasteiger partial charge in [0.2, 0.25) is 0 Å². The van der Waals surface area contributed by atoms with Crippen LogP contribution in [0.3, 0.4) is 0 Å². The molecule has 0 saturated heterocycles. The largest absolute Gasteiger partial charge is 0.497 e. The van der Waals surface area contributed by atoms with Crippen LogP contribution in [0, 0.1) is 0 Å². The molecule has 3 aromatic rings. The summed E-state index contributed by atoms with van der Waals surface area (Å²) in [4.78, 5) is 17.6. The van der Waals surface area contributed by atoms with E-state index < -0.39 is 0 Å². The van der Waals surface area contributed by atoms with Crippen LogP contribution in [-0.2, 0) is 22.5 Å². The van der Waals surface area contributed by atoms with Gasteiger partial charge in [-0.25, -0.2) is 0 Å². The first-order chi connectivity index (χ1) is 12.7. The molecule has 0 atom stereocenters. The molecule has 0 bridgehead atoms. The van der Waals surface area contributed by atoms with E-state index in [1.54, 1.807) is 7.11 Å². The molecule has 0 saturated carbocycles. The fourth-order valence-corrected chi connectivity index (χ4v) is 3.80. The van der Waals surface area contributed by atoms with E-state index in [1.165, 1.54) is 11.3 Å². The SMILES string of the molecule is CCOCCn1c(=NC(=O)Cc2cccc(OC)c2)sc2ccccc21. The zero-order valence-electron chi connectivity index (χ0n) is 15.0. The first-order valence-electron chi connectivity index (χ1n) is 8.58. The number of para-hydroxylation sites is 1. The lowest BCUT2D eigenvalue weighted by molar-refractivity contribution is -0.117. The van der Waals surface area contributed by atoms with E-state index in [2.05, 4.69) is 9.56 Å². The number of rotatable bonds is 7. The fourth-order valence-electron chi connectivity index (χ4n) is 2.73. The lowest BCUT2D eigenvalue weighted by Crippen LogP contribution is -2.20. The highest BCUT2D eigenvalue weighted by Crippen LogP contribution is 2.17. The van der Waals surface area contributed by atoms with E-state index in [0.29, 0.717) is 24.6 Å². The van der Waals surface area contributed by atoms with Gasteiger partial charge in [-0.1, -0.05) is 35.6 Å². The lowest BCUT2D eigenvalue weighted by Gasteiger charge is -2.05. The third-order valence-corrected chi connectivity index (χ3v) is 5.02. The van der Waals surface area contributed by atoms with E-state index in [0.717, 1.165) is 21.5 Å². The Morgan fingerprint density at radius 2 is 2.04 bits per heavy atom. The van der Waals surface area contributed by atoms with Crippen molar-refractivity contribution in [2.45, 2.75) is 19.9 Å². The Bertz CT molecular complexity index is 959. The zero-order valence-corrected chi connectivity index (χ0v) is 15.8. The van der Waals surface area contributed by atoms with Gasteiger partial charge < -0.3 is 14.0 Å². The molecule has 5 nitrogen and oxygen atoms in total. The molecule has 1 aromatic heterocycles. The number of benzene rings is 2. The summed E-state index contributed by atoms with van der Waals surface area (Å²) in [5.74, 6) is 0.568. The number of thiazole rings is 1. The Hall–Kier alpha value is -2.44. The van der Waals surface area contributed by atoms with Gasteiger partial charge in [0.1, 0.15) is 5.75 Å². The molecule has 0 aliphatic heterocycles. The highest BCUT2D eigenvalue weighted by atomic mass is 32.1. The maximum atomic E-state index is 12.5. The standard InChI is InChI=1S/C20H22N2O3S/c1-3-25-12-11-22-17-9-4-5-10-18(17)26-20(22)21-19(23)14-15-7-6-8-16(13-15)24-2/h4-10,13H,3,11-12,14H2,1-2H3. The minimum Gasteiger partial charge on any atom is -0.497 e. The normalized spacial score (nSPS) is 11.8. The Labute approximate surface area is 156 Å². The lowest BCUT2D eigenvalue weighted by atomic mass is 10.1. The minimum absolute atomic E-state index is 0.171. The number of carbonyl (C=O) groups is 1. The van der Waals surface area contributed by atoms with Gasteiger partial charge >= 0.3 is 0 Å². The number of nitrogens with zero attached hydrogens (tertiary/aromatic N) is 2. The predicted molar refractivity (Wildman–Crippen MR) is 104 cm³/mol. The second-order valence-corrected chi connectivity index (χ2v) is 6.74. The summed E-state index contributed by atoms with van der Waals surface area (Å²) in [6.07, 6.45) is 0.247. The smallest absolute Gasteiger partial charge is 0.252 e. The van der Waals surface area contributed by atoms with Crippen LogP contribution >= 0.6 is 11.3 Å². The van der Waals surface area contributed by atoms with Crippen LogP contribution in [0.4, 0.5) is 0 Å². The topological polar surface area (TPSA) is 52.8 Å². The van der Waals surface area contributed by atoms with Crippen molar-refractivity contribution in [3.05, 3.63) is 58.9 Å². The third-order valence-electron chi connectivity index (χ3n) is 3.96. The van der Waals surface area contributed by atoms with Crippen molar-refractivity contribution < 1.29 is 14.3 Å². The van der Waals surface area contributed by atoms with E-state index in [9.17, 15) is 4.79 Å². The van der Waals surface area contributed by atoms with Gasteiger partial charge in [-0.15, -0.1) is 0 Å². The monoisotopic (exact) mass is 370 g/mol. The van der Waals surface area contributed by atoms with Gasteiger partial charge in [0.05, 0.1) is 30.4 Å². The maximum Gasteiger partial charge on any atom is 0.252 e. The maximum absolute atomic E-state index is 12.5. The van der Waals surface area contributed by atoms with E-state index in [1.807, 2.05) is 55.5 Å². The van der Waals surface area contributed by atoms with Crippen molar-refractivity contribution in [2.24, 2.45) is 4.99 Å². The molecule has 0 aliphatic carbocycles. The van der Waals surface area contributed by atoms with Crippen LogP contribution in [-0.4, -0.2) is 30.8 Å². The van der Waals surface area contributed by atoms with Gasteiger partial charge in [0.15, 0.2) is 4.80 Å². The average molecular weight is 370 g/mol. The molecule has 0 aliphatic rings. The molecule has 1 heterocycles. The van der Waals surface area contributed by atoms with Gasteiger partial charge in [0.25, 0.3) is 5.91 Å².